The van der Waals surface area contributed by atoms with Gasteiger partial charge in [0, 0.05) is 11.1 Å². The fourth-order valence-electron chi connectivity index (χ4n) is 1.96. The van der Waals surface area contributed by atoms with Crippen LogP contribution in [0.15, 0.2) is 59.3 Å². The van der Waals surface area contributed by atoms with Gasteiger partial charge >= 0.3 is 0 Å². The van der Waals surface area contributed by atoms with Crippen LogP contribution in [-0.4, -0.2) is 22.6 Å². The molecule has 110 valence electrons. The highest BCUT2D eigenvalue weighted by Gasteiger charge is 2.07. The van der Waals surface area contributed by atoms with E-state index < -0.39 is 0 Å². The predicted octanol–water partition coefficient (Wildman–Crippen LogP) is 3.31. The highest BCUT2D eigenvalue weighted by molar-refractivity contribution is 5.97. The van der Waals surface area contributed by atoms with E-state index >= 15 is 0 Å². The molecular formula is C17H14N2O3. The molecule has 2 aromatic carbocycles. The van der Waals surface area contributed by atoms with E-state index in [4.69, 9.17) is 9.15 Å². The largest absolute Gasteiger partial charge is 0.485 e. The molecule has 3 rings (SSSR count). The van der Waals surface area contributed by atoms with Crippen molar-refractivity contribution in [2.24, 2.45) is 0 Å². The van der Waals surface area contributed by atoms with E-state index in [1.807, 2.05) is 19.1 Å². The van der Waals surface area contributed by atoms with E-state index in [2.05, 4.69) is 10.2 Å². The zero-order valence-electron chi connectivity index (χ0n) is 12.0. The predicted molar refractivity (Wildman–Crippen MR) is 80.7 cm³/mol. The molecular weight excluding hydrogens is 280 g/mol. The minimum atomic E-state index is -0.0547. The number of ketones is 1. The summed E-state index contributed by atoms with van der Waals surface area (Å²) in [6.07, 6.45) is 1.28. The topological polar surface area (TPSA) is 65.2 Å². The summed E-state index contributed by atoms with van der Waals surface area (Å²) in [4.78, 5) is 12.0. The number of carbonyl (C=O) groups is 1. The summed E-state index contributed by atoms with van der Waals surface area (Å²) >= 11 is 0. The lowest BCUT2D eigenvalue weighted by Crippen LogP contribution is -2.11. The van der Waals surface area contributed by atoms with Crippen molar-refractivity contribution in [2.75, 3.05) is 6.61 Å². The molecule has 0 radical (unpaired) electrons. The highest BCUT2D eigenvalue weighted by atomic mass is 16.5. The second-order valence-electron chi connectivity index (χ2n) is 4.85. The minimum Gasteiger partial charge on any atom is -0.485 e. The molecule has 1 heterocycles. The second-order valence-corrected chi connectivity index (χ2v) is 4.85. The molecule has 0 fully saturated rings. The van der Waals surface area contributed by atoms with Gasteiger partial charge in [-0.25, -0.2) is 0 Å². The molecule has 0 atom stereocenters. The first-order valence-electron chi connectivity index (χ1n) is 6.81. The Labute approximate surface area is 127 Å². The van der Waals surface area contributed by atoms with Gasteiger partial charge in [0.05, 0.1) is 0 Å². The molecule has 0 spiro atoms. The Morgan fingerprint density at radius 1 is 1.09 bits per heavy atom. The van der Waals surface area contributed by atoms with Crippen LogP contribution in [0.2, 0.25) is 0 Å². The summed E-state index contributed by atoms with van der Waals surface area (Å²) in [5.74, 6) is 1.01. The first-order chi connectivity index (χ1) is 10.7. The van der Waals surface area contributed by atoms with Crippen molar-refractivity contribution in [1.82, 2.24) is 10.2 Å². The van der Waals surface area contributed by atoms with Crippen LogP contribution in [0.1, 0.15) is 15.9 Å². The van der Waals surface area contributed by atoms with Gasteiger partial charge in [0.15, 0.2) is 12.4 Å². The Kier molecular flexibility index (Phi) is 3.96. The van der Waals surface area contributed by atoms with Gasteiger partial charge in [-0.3, -0.25) is 4.79 Å². The number of aryl methyl sites for hydroxylation is 1. The van der Waals surface area contributed by atoms with Gasteiger partial charge in [0.25, 0.3) is 0 Å². The molecule has 0 saturated heterocycles. The number of ether oxygens (including phenoxy) is 1. The number of hydrogen-bond acceptors (Lipinski definition) is 5. The third kappa shape index (κ3) is 3.20. The summed E-state index contributed by atoms with van der Waals surface area (Å²) < 4.78 is 10.6. The summed E-state index contributed by atoms with van der Waals surface area (Å²) in [7, 11) is 0. The standard InChI is InChI=1S/C17H14N2O3/c1-12-2-4-13(5-3-12)16(20)10-21-15-8-6-14(7-9-15)17-19-18-11-22-17/h2-9,11H,10H2,1H3. The van der Waals surface area contributed by atoms with Gasteiger partial charge in [-0.15, -0.1) is 10.2 Å². The molecule has 0 N–H and O–H groups in total. The number of aromatic nitrogens is 2. The Morgan fingerprint density at radius 2 is 1.82 bits per heavy atom. The van der Waals surface area contributed by atoms with Crippen LogP contribution < -0.4 is 4.74 Å². The molecule has 22 heavy (non-hydrogen) atoms. The Hall–Kier alpha value is -2.95. The second kappa shape index (κ2) is 6.22. The SMILES string of the molecule is Cc1ccc(C(=O)COc2ccc(-c3nnco3)cc2)cc1. The molecule has 0 aliphatic heterocycles. The maximum Gasteiger partial charge on any atom is 0.247 e. The number of carbonyl (C=O) groups excluding carboxylic acids is 1. The van der Waals surface area contributed by atoms with E-state index in [0.717, 1.165) is 11.1 Å². The summed E-state index contributed by atoms with van der Waals surface area (Å²) in [6, 6.07) is 14.6. The quantitative estimate of drug-likeness (QED) is 0.675. The van der Waals surface area contributed by atoms with Gasteiger partial charge < -0.3 is 9.15 Å². The van der Waals surface area contributed by atoms with Gasteiger partial charge in [-0.05, 0) is 31.2 Å². The number of nitrogens with zero attached hydrogens (tertiary/aromatic N) is 2. The molecule has 0 unspecified atom stereocenters. The Morgan fingerprint density at radius 3 is 2.45 bits per heavy atom. The van der Waals surface area contributed by atoms with Crippen molar-refractivity contribution in [2.45, 2.75) is 6.92 Å². The van der Waals surface area contributed by atoms with Crippen molar-refractivity contribution in [3.05, 3.63) is 66.1 Å². The molecule has 1 aromatic heterocycles. The van der Waals surface area contributed by atoms with Crippen LogP contribution in [0.25, 0.3) is 11.5 Å². The molecule has 5 heteroatoms. The van der Waals surface area contributed by atoms with Gasteiger partial charge in [0.2, 0.25) is 12.3 Å². The zero-order chi connectivity index (χ0) is 15.4. The molecule has 0 aliphatic carbocycles. The smallest absolute Gasteiger partial charge is 0.247 e. The van der Waals surface area contributed by atoms with Crippen molar-refractivity contribution < 1.29 is 13.9 Å². The lowest BCUT2D eigenvalue weighted by molar-refractivity contribution is 0.0921. The van der Waals surface area contributed by atoms with Crippen molar-refractivity contribution in [1.29, 1.82) is 0 Å². The van der Waals surface area contributed by atoms with Gasteiger partial charge in [-0.1, -0.05) is 29.8 Å². The van der Waals surface area contributed by atoms with Crippen molar-refractivity contribution in [3.8, 4) is 17.2 Å². The van der Waals surface area contributed by atoms with Crippen LogP contribution >= 0.6 is 0 Å². The molecule has 0 amide bonds. The number of benzene rings is 2. The van der Waals surface area contributed by atoms with Gasteiger partial charge in [-0.2, -0.15) is 0 Å². The Balaban J connectivity index is 1.61. The fourth-order valence-corrected chi connectivity index (χ4v) is 1.96. The lowest BCUT2D eigenvalue weighted by Gasteiger charge is -2.06. The average Bonchev–Trinajstić information content (AvgIpc) is 3.08. The maximum atomic E-state index is 12.0. The van der Waals surface area contributed by atoms with Gasteiger partial charge in [0.1, 0.15) is 5.75 Å². The number of hydrogen-bond donors (Lipinski definition) is 0. The zero-order valence-corrected chi connectivity index (χ0v) is 12.0. The first kappa shape index (κ1) is 14.0. The molecule has 3 aromatic rings. The molecule has 0 bridgehead atoms. The van der Waals surface area contributed by atoms with Crippen LogP contribution in [0.5, 0.6) is 5.75 Å². The highest BCUT2D eigenvalue weighted by Crippen LogP contribution is 2.20. The van der Waals surface area contributed by atoms with E-state index in [0.29, 0.717) is 17.2 Å². The summed E-state index contributed by atoms with van der Waals surface area (Å²) in [6.45, 7) is 1.98. The average molecular weight is 294 g/mol. The summed E-state index contributed by atoms with van der Waals surface area (Å²) in [5.41, 5.74) is 2.57. The van der Waals surface area contributed by atoms with Crippen LogP contribution in [0, 0.1) is 6.92 Å². The number of Topliss-reactive ketones (excluding diaryl/α,β-unsaturated/α-hetero) is 1. The Bertz CT molecular complexity index is 748. The summed E-state index contributed by atoms with van der Waals surface area (Å²) in [5, 5.41) is 7.45. The van der Waals surface area contributed by atoms with Crippen LogP contribution in [0.4, 0.5) is 0 Å². The molecule has 0 aliphatic rings. The number of rotatable bonds is 5. The monoisotopic (exact) mass is 294 g/mol. The lowest BCUT2D eigenvalue weighted by atomic mass is 10.1. The third-order valence-electron chi connectivity index (χ3n) is 3.20. The fraction of sp³-hybridized carbons (Fsp3) is 0.118. The van der Waals surface area contributed by atoms with E-state index in [1.54, 1.807) is 36.4 Å². The first-order valence-corrected chi connectivity index (χ1v) is 6.81. The van der Waals surface area contributed by atoms with Crippen molar-refractivity contribution in [3.63, 3.8) is 0 Å². The van der Waals surface area contributed by atoms with Crippen LogP contribution in [0.3, 0.4) is 0 Å². The van der Waals surface area contributed by atoms with Crippen molar-refractivity contribution >= 4 is 5.78 Å². The minimum absolute atomic E-state index is 0.00294. The van der Waals surface area contributed by atoms with E-state index in [-0.39, 0.29) is 12.4 Å². The maximum absolute atomic E-state index is 12.0. The molecule has 0 saturated carbocycles. The normalized spacial score (nSPS) is 10.4. The van der Waals surface area contributed by atoms with E-state index in [9.17, 15) is 4.79 Å². The van der Waals surface area contributed by atoms with E-state index in [1.165, 1.54) is 6.39 Å². The third-order valence-corrected chi connectivity index (χ3v) is 3.20. The van der Waals surface area contributed by atoms with Crippen LogP contribution in [-0.2, 0) is 0 Å². The molecule has 5 nitrogen and oxygen atoms in total.